The molecule has 0 saturated carbocycles. The van der Waals surface area contributed by atoms with E-state index in [1.165, 1.54) is 0 Å². The predicted molar refractivity (Wildman–Crippen MR) is 113 cm³/mol. The minimum Gasteiger partial charge on any atom is -0.508 e. The summed E-state index contributed by atoms with van der Waals surface area (Å²) in [5.74, 6) is -0.364. The van der Waals surface area contributed by atoms with Gasteiger partial charge < -0.3 is 26.8 Å². The van der Waals surface area contributed by atoms with Crippen LogP contribution in [0.3, 0.4) is 0 Å². The van der Waals surface area contributed by atoms with Crippen LogP contribution in [-0.4, -0.2) is 41.6 Å². The van der Waals surface area contributed by atoms with Crippen LogP contribution in [-0.2, 0) is 22.4 Å². The molecule has 1 aliphatic rings. The average Bonchev–Trinajstić information content (AvgIpc) is 3.11. The highest BCUT2D eigenvalue weighted by molar-refractivity contribution is 5.92. The molecule has 6 N–H and O–H groups in total. The Morgan fingerprint density at radius 2 is 2.00 bits per heavy atom. The van der Waals surface area contributed by atoms with Crippen molar-refractivity contribution in [3.05, 3.63) is 59.2 Å². The number of phenols is 1. The van der Waals surface area contributed by atoms with Crippen molar-refractivity contribution >= 4 is 17.5 Å². The van der Waals surface area contributed by atoms with Crippen LogP contribution in [0.5, 0.6) is 5.75 Å². The Kier molecular flexibility index (Phi) is 6.39. The standard InChI is InChI=1S/C22H28N4O3/c1-13-8-17(27)10-19-18(13)11-20(26-19)22(29)25-14(2)21(28)24-12-16(23)9-15-6-4-3-5-7-15/h3-8,10,14,16,20,26-27H,9,11-12,23H2,1-2H3,(H,24,28)(H,25,29)/t14-,16+,20+/m1/s1. The van der Waals surface area contributed by atoms with E-state index in [4.69, 9.17) is 5.73 Å². The molecule has 1 heterocycles. The van der Waals surface area contributed by atoms with Gasteiger partial charge in [0.2, 0.25) is 11.8 Å². The minimum absolute atomic E-state index is 0.161. The van der Waals surface area contributed by atoms with Crippen molar-refractivity contribution in [1.29, 1.82) is 0 Å². The fraction of sp³-hybridized carbons (Fsp3) is 0.364. The lowest BCUT2D eigenvalue weighted by molar-refractivity contribution is -0.128. The van der Waals surface area contributed by atoms with Gasteiger partial charge in [-0.25, -0.2) is 0 Å². The number of hydrogen-bond acceptors (Lipinski definition) is 5. The summed E-state index contributed by atoms with van der Waals surface area (Å²) >= 11 is 0. The number of amides is 2. The van der Waals surface area contributed by atoms with Crippen molar-refractivity contribution < 1.29 is 14.7 Å². The molecular formula is C22H28N4O3. The smallest absolute Gasteiger partial charge is 0.243 e. The van der Waals surface area contributed by atoms with Crippen molar-refractivity contribution in [2.24, 2.45) is 5.73 Å². The Morgan fingerprint density at radius 1 is 1.28 bits per heavy atom. The van der Waals surface area contributed by atoms with E-state index >= 15 is 0 Å². The molecule has 154 valence electrons. The number of benzene rings is 2. The van der Waals surface area contributed by atoms with Crippen LogP contribution < -0.4 is 21.7 Å². The highest BCUT2D eigenvalue weighted by Gasteiger charge is 2.30. The maximum absolute atomic E-state index is 12.6. The maximum atomic E-state index is 12.6. The summed E-state index contributed by atoms with van der Waals surface area (Å²) < 4.78 is 0. The molecule has 0 saturated heterocycles. The molecule has 2 aromatic carbocycles. The number of nitrogens with one attached hydrogen (secondary N) is 3. The zero-order chi connectivity index (χ0) is 21.0. The van der Waals surface area contributed by atoms with Crippen molar-refractivity contribution in [3.8, 4) is 5.75 Å². The van der Waals surface area contributed by atoms with Crippen LogP contribution in [0, 0.1) is 6.92 Å². The zero-order valence-corrected chi connectivity index (χ0v) is 16.7. The van der Waals surface area contributed by atoms with E-state index in [-0.39, 0.29) is 23.6 Å². The van der Waals surface area contributed by atoms with E-state index in [0.29, 0.717) is 19.4 Å². The first-order valence-corrected chi connectivity index (χ1v) is 9.80. The molecule has 0 radical (unpaired) electrons. The van der Waals surface area contributed by atoms with E-state index in [9.17, 15) is 14.7 Å². The molecule has 1 aliphatic heterocycles. The lowest BCUT2D eigenvalue weighted by atomic mass is 10.0. The Morgan fingerprint density at radius 3 is 2.72 bits per heavy atom. The molecule has 0 bridgehead atoms. The lowest BCUT2D eigenvalue weighted by Gasteiger charge is -2.19. The zero-order valence-electron chi connectivity index (χ0n) is 16.7. The van der Waals surface area contributed by atoms with Crippen LogP contribution in [0.15, 0.2) is 42.5 Å². The largest absolute Gasteiger partial charge is 0.508 e. The SMILES string of the molecule is Cc1cc(O)cc2c1C[C@@H](C(=O)N[C@H](C)C(=O)NC[C@@H](N)Cc1ccccc1)N2. The molecule has 2 aromatic rings. The molecule has 0 fully saturated rings. The normalized spacial score (nSPS) is 17.0. The second-order valence-electron chi connectivity index (χ2n) is 7.62. The molecular weight excluding hydrogens is 368 g/mol. The summed E-state index contributed by atoms with van der Waals surface area (Å²) in [6.07, 6.45) is 1.18. The molecule has 7 heteroatoms. The van der Waals surface area contributed by atoms with E-state index in [1.54, 1.807) is 19.1 Å². The Labute approximate surface area is 170 Å². The summed E-state index contributed by atoms with van der Waals surface area (Å²) in [6.45, 7) is 3.88. The fourth-order valence-electron chi connectivity index (χ4n) is 3.55. The fourth-order valence-corrected chi connectivity index (χ4v) is 3.55. The Hall–Kier alpha value is -3.06. The number of fused-ring (bicyclic) bond motifs is 1. The number of anilines is 1. The molecule has 0 unspecified atom stereocenters. The molecule has 3 rings (SSSR count). The molecule has 3 atom stereocenters. The summed E-state index contributed by atoms with van der Waals surface area (Å²) in [4.78, 5) is 24.9. The van der Waals surface area contributed by atoms with Gasteiger partial charge in [-0.2, -0.15) is 0 Å². The van der Waals surface area contributed by atoms with Crippen molar-refractivity contribution in [3.63, 3.8) is 0 Å². The van der Waals surface area contributed by atoms with Gasteiger partial charge in [-0.3, -0.25) is 9.59 Å². The van der Waals surface area contributed by atoms with Gasteiger partial charge in [-0.05, 0) is 43.0 Å². The molecule has 0 aliphatic carbocycles. The minimum atomic E-state index is -0.675. The molecule has 29 heavy (non-hydrogen) atoms. The number of nitrogens with two attached hydrogens (primary N) is 1. The second-order valence-corrected chi connectivity index (χ2v) is 7.62. The number of aryl methyl sites for hydroxylation is 1. The van der Waals surface area contributed by atoms with Crippen LogP contribution in [0.1, 0.15) is 23.6 Å². The first-order valence-electron chi connectivity index (χ1n) is 9.80. The lowest BCUT2D eigenvalue weighted by Crippen LogP contribution is -2.51. The number of aromatic hydroxyl groups is 1. The van der Waals surface area contributed by atoms with E-state index < -0.39 is 12.1 Å². The van der Waals surface area contributed by atoms with Crippen LogP contribution >= 0.6 is 0 Å². The number of rotatable bonds is 7. The topological polar surface area (TPSA) is 116 Å². The third-order valence-electron chi connectivity index (χ3n) is 5.14. The monoisotopic (exact) mass is 396 g/mol. The van der Waals surface area contributed by atoms with Crippen molar-refractivity contribution in [2.45, 2.75) is 44.8 Å². The van der Waals surface area contributed by atoms with Gasteiger partial charge in [-0.1, -0.05) is 30.3 Å². The van der Waals surface area contributed by atoms with Crippen molar-refractivity contribution in [1.82, 2.24) is 10.6 Å². The summed E-state index contributed by atoms with van der Waals surface area (Å²) in [5, 5.41) is 18.4. The van der Waals surface area contributed by atoms with Crippen LogP contribution in [0.25, 0.3) is 0 Å². The molecule has 0 aromatic heterocycles. The number of phenolic OH excluding ortho intramolecular Hbond substituents is 1. The van der Waals surface area contributed by atoms with Gasteiger partial charge in [0, 0.05) is 30.8 Å². The molecule has 2 amide bonds. The first-order chi connectivity index (χ1) is 13.8. The number of carbonyl (C=O) groups is 2. The van der Waals surface area contributed by atoms with Gasteiger partial charge in [0.15, 0.2) is 0 Å². The van der Waals surface area contributed by atoms with Crippen LogP contribution in [0.4, 0.5) is 5.69 Å². The first kappa shape index (κ1) is 20.7. The summed E-state index contributed by atoms with van der Waals surface area (Å²) in [5.41, 5.74) is 9.91. The van der Waals surface area contributed by atoms with E-state index in [2.05, 4.69) is 16.0 Å². The van der Waals surface area contributed by atoms with Gasteiger partial charge in [0.25, 0.3) is 0 Å². The molecule has 7 nitrogen and oxygen atoms in total. The second kappa shape index (κ2) is 8.96. The number of carbonyl (C=O) groups excluding carboxylic acids is 2. The van der Waals surface area contributed by atoms with E-state index in [1.807, 2.05) is 37.3 Å². The van der Waals surface area contributed by atoms with E-state index in [0.717, 1.165) is 22.4 Å². The number of hydrogen-bond donors (Lipinski definition) is 5. The third-order valence-corrected chi connectivity index (χ3v) is 5.14. The van der Waals surface area contributed by atoms with Crippen LogP contribution in [0.2, 0.25) is 0 Å². The summed E-state index contributed by atoms with van der Waals surface area (Å²) in [6, 6.07) is 11.8. The third kappa shape index (κ3) is 5.26. The predicted octanol–water partition coefficient (Wildman–Crippen LogP) is 1.23. The quantitative estimate of drug-likeness (QED) is 0.483. The maximum Gasteiger partial charge on any atom is 0.243 e. The van der Waals surface area contributed by atoms with Gasteiger partial charge in [0.1, 0.15) is 17.8 Å². The Bertz CT molecular complexity index is 885. The van der Waals surface area contributed by atoms with Gasteiger partial charge in [0.05, 0.1) is 0 Å². The highest BCUT2D eigenvalue weighted by Crippen LogP contribution is 2.32. The Balaban J connectivity index is 1.46. The molecule has 0 spiro atoms. The van der Waals surface area contributed by atoms with Gasteiger partial charge in [-0.15, -0.1) is 0 Å². The van der Waals surface area contributed by atoms with Gasteiger partial charge >= 0.3 is 0 Å². The highest BCUT2D eigenvalue weighted by atomic mass is 16.3. The van der Waals surface area contributed by atoms with Crippen molar-refractivity contribution in [2.75, 3.05) is 11.9 Å². The summed E-state index contributed by atoms with van der Waals surface area (Å²) in [7, 11) is 0. The average molecular weight is 396 g/mol.